The number of carbonyl (C=O) groups excluding carboxylic acids is 1. The monoisotopic (exact) mass is 690 g/mol. The Morgan fingerprint density at radius 2 is 2.17 bits per heavy atom. The van der Waals surface area contributed by atoms with Gasteiger partial charge >= 0.3 is 192 Å². The molecule has 0 fully saturated rings. The van der Waals surface area contributed by atoms with Crippen LogP contribution in [0.25, 0.3) is 0 Å². The number of allylic oxidation sites excluding steroid dienone is 6. The van der Waals surface area contributed by atoms with Crippen molar-refractivity contribution < 1.29 is 32.3 Å². The molecule has 0 aromatic rings. The van der Waals surface area contributed by atoms with Crippen molar-refractivity contribution in [3.05, 3.63) is 46.9 Å². The zero-order valence-corrected chi connectivity index (χ0v) is 27.4. The average Bonchev–Trinajstić information content (AvgIpc) is 2.96. The van der Waals surface area contributed by atoms with Crippen LogP contribution in [0.1, 0.15) is 79.1 Å². The van der Waals surface area contributed by atoms with Crippen molar-refractivity contribution in [1.29, 1.82) is 0 Å². The fourth-order valence-corrected chi connectivity index (χ4v) is 8.91. The quantitative estimate of drug-likeness (QED) is 0.0647. The van der Waals surface area contributed by atoms with Gasteiger partial charge in [-0.2, -0.15) is 0 Å². The van der Waals surface area contributed by atoms with Crippen molar-refractivity contribution in [1.82, 2.24) is 10.6 Å². The van der Waals surface area contributed by atoms with E-state index >= 15 is 0 Å². The standard InChI is InChI=1S/C31H51IN2O7/c1-5-7-9-23(4)30(36)34-28(15-13-24-17-25-16-22(3)12-14-27(25)33-21-38-18-24)31(37)39-19-26-10-8-11-29(41-26)32(20-35)40-6-2/h5,7,9-10,22,24,28-29,31,33,35,37H,6,8,11-21H2,1-4H3,(H,34,36)/b7-5+,23-9+/t22-,24-,28?,29?,31?/m1/s1. The summed E-state index contributed by atoms with van der Waals surface area (Å²) in [5.41, 5.74) is 3.39. The Morgan fingerprint density at radius 3 is 2.93 bits per heavy atom. The molecule has 4 N–H and O–H groups in total. The van der Waals surface area contributed by atoms with Crippen molar-refractivity contribution in [3.63, 3.8) is 0 Å². The van der Waals surface area contributed by atoms with Crippen LogP contribution in [0.5, 0.6) is 0 Å². The predicted octanol–water partition coefficient (Wildman–Crippen LogP) is 5.19. The normalized spacial score (nSPS) is 25.7. The Hall–Kier alpha value is -1.44. The summed E-state index contributed by atoms with van der Waals surface area (Å²) in [6, 6.07) is -0.595. The van der Waals surface area contributed by atoms with Gasteiger partial charge in [0.25, 0.3) is 0 Å². The van der Waals surface area contributed by atoms with E-state index in [1.165, 1.54) is 17.7 Å². The zero-order chi connectivity index (χ0) is 29.6. The molecule has 0 radical (unpaired) electrons. The van der Waals surface area contributed by atoms with Gasteiger partial charge in [0.15, 0.2) is 0 Å². The van der Waals surface area contributed by atoms with Gasteiger partial charge in [0, 0.05) is 5.70 Å². The number of amides is 1. The maximum atomic E-state index is 13.0. The number of rotatable bonds is 14. The van der Waals surface area contributed by atoms with Crippen LogP contribution in [0.2, 0.25) is 0 Å². The number of alkyl halides is 2. The van der Waals surface area contributed by atoms with E-state index in [-0.39, 0.29) is 21.2 Å². The van der Waals surface area contributed by atoms with Crippen molar-refractivity contribution >= 4 is 26.1 Å². The molecule has 3 rings (SSSR count). The summed E-state index contributed by atoms with van der Waals surface area (Å²) in [7, 11) is 0. The molecule has 3 aliphatic rings. The molecule has 3 unspecified atom stereocenters. The van der Waals surface area contributed by atoms with Gasteiger partial charge in [-0.3, -0.25) is 0 Å². The summed E-state index contributed by atoms with van der Waals surface area (Å²) in [6.07, 6.45) is 13.5. The van der Waals surface area contributed by atoms with Crippen LogP contribution in [-0.2, 0) is 22.1 Å². The first kappa shape index (κ1) is 34.1. The summed E-state index contributed by atoms with van der Waals surface area (Å²) >= 11 is -2.10. The van der Waals surface area contributed by atoms with E-state index in [1.54, 1.807) is 13.0 Å². The van der Waals surface area contributed by atoms with E-state index in [1.807, 2.05) is 32.1 Å². The van der Waals surface area contributed by atoms with E-state index in [4.69, 9.17) is 17.3 Å². The SMILES string of the molecule is C/C=C/C=C(\C)C(=O)NC(CC[C@H]1COCNC2=C(C[C@H](C)CC2)C1)C(O)OCC1=CCCC(I(CO)OCC)O1. The third kappa shape index (κ3) is 11.3. The molecule has 0 aromatic heterocycles. The maximum absolute atomic E-state index is 13.0. The summed E-state index contributed by atoms with van der Waals surface area (Å²) in [5, 5.41) is 27.4. The molecule has 0 bridgehead atoms. The van der Waals surface area contributed by atoms with Gasteiger partial charge in [0.1, 0.15) is 6.73 Å². The summed E-state index contributed by atoms with van der Waals surface area (Å²) < 4.78 is 23.6. The fourth-order valence-electron chi connectivity index (χ4n) is 5.41. The molecular formula is C31H51IN2O7. The molecule has 0 spiro atoms. The van der Waals surface area contributed by atoms with Crippen LogP contribution in [0, 0.1) is 11.8 Å². The topological polar surface area (TPSA) is 119 Å². The summed E-state index contributed by atoms with van der Waals surface area (Å²) in [4.78, 5) is 13.0. The molecule has 2 heterocycles. The first-order valence-electron chi connectivity index (χ1n) is 15.0. The van der Waals surface area contributed by atoms with Gasteiger partial charge in [0.05, 0.1) is 0 Å². The second kappa shape index (κ2) is 18.3. The summed E-state index contributed by atoms with van der Waals surface area (Å²) in [6.45, 7) is 9.69. The molecule has 0 saturated heterocycles. The van der Waals surface area contributed by atoms with Crippen LogP contribution in [0.4, 0.5) is 0 Å². The number of hydrogen-bond acceptors (Lipinski definition) is 8. The summed E-state index contributed by atoms with van der Waals surface area (Å²) in [5.74, 6) is 1.38. The molecule has 9 nitrogen and oxygen atoms in total. The molecule has 41 heavy (non-hydrogen) atoms. The van der Waals surface area contributed by atoms with Gasteiger partial charge in [-0.05, 0) is 32.1 Å². The minimum atomic E-state index is -2.10. The van der Waals surface area contributed by atoms with Crippen molar-refractivity contribution in [2.24, 2.45) is 11.8 Å². The van der Waals surface area contributed by atoms with Crippen molar-refractivity contribution in [2.75, 3.05) is 31.2 Å². The van der Waals surface area contributed by atoms with E-state index in [9.17, 15) is 15.0 Å². The van der Waals surface area contributed by atoms with Crippen LogP contribution < -0.4 is 10.6 Å². The number of carbonyl (C=O) groups is 1. The third-order valence-corrected chi connectivity index (χ3v) is 12.2. The predicted molar refractivity (Wildman–Crippen MR) is 169 cm³/mol. The van der Waals surface area contributed by atoms with Crippen LogP contribution in [0.3, 0.4) is 0 Å². The van der Waals surface area contributed by atoms with E-state index in [0.717, 1.165) is 38.5 Å². The third-order valence-electron chi connectivity index (χ3n) is 7.71. The molecule has 2 aliphatic heterocycles. The fraction of sp³-hybridized carbons (Fsp3) is 0.710. The molecule has 234 valence electrons. The second-order valence-electron chi connectivity index (χ2n) is 11.1. The minimum absolute atomic E-state index is 0.0334. The van der Waals surface area contributed by atoms with E-state index < -0.39 is 32.6 Å². The Bertz CT molecular complexity index is 951. The first-order valence-corrected chi connectivity index (χ1v) is 18.7. The Kier molecular flexibility index (Phi) is 15.2. The number of aliphatic hydroxyl groups excluding tert-OH is 2. The molecule has 1 amide bonds. The van der Waals surface area contributed by atoms with Gasteiger partial charge in [0.2, 0.25) is 0 Å². The van der Waals surface area contributed by atoms with Gasteiger partial charge < -0.3 is 5.32 Å². The Labute approximate surface area is 253 Å². The van der Waals surface area contributed by atoms with Crippen LogP contribution in [0.15, 0.2) is 46.9 Å². The zero-order valence-electron chi connectivity index (χ0n) is 25.2. The average molecular weight is 691 g/mol. The van der Waals surface area contributed by atoms with Crippen LogP contribution >= 0.6 is 20.2 Å². The van der Waals surface area contributed by atoms with Crippen molar-refractivity contribution in [2.45, 2.75) is 95.5 Å². The number of hydrogen-bond donors (Lipinski definition) is 4. The van der Waals surface area contributed by atoms with Gasteiger partial charge in [-0.15, -0.1) is 0 Å². The number of aliphatic hydroxyl groups is 2. The molecular weight excluding hydrogens is 639 g/mol. The molecule has 0 saturated carbocycles. The van der Waals surface area contributed by atoms with E-state index in [2.05, 4.69) is 17.6 Å². The number of nitrogens with one attached hydrogen (secondary N) is 2. The Morgan fingerprint density at radius 1 is 1.34 bits per heavy atom. The molecule has 1 aliphatic carbocycles. The molecule has 5 atom stereocenters. The Balaban J connectivity index is 1.64. The van der Waals surface area contributed by atoms with Gasteiger partial charge in [-0.1, -0.05) is 13.0 Å². The van der Waals surface area contributed by atoms with E-state index in [0.29, 0.717) is 49.5 Å². The second-order valence-corrected chi connectivity index (χ2v) is 15.8. The molecule has 10 heteroatoms. The number of halogens is 1. The number of ether oxygens (including phenoxy) is 3. The molecule has 0 aromatic carbocycles. The first-order chi connectivity index (χ1) is 19.8. The van der Waals surface area contributed by atoms with Crippen molar-refractivity contribution in [3.8, 4) is 0 Å². The van der Waals surface area contributed by atoms with Gasteiger partial charge in [-0.25, -0.2) is 0 Å². The van der Waals surface area contributed by atoms with Crippen LogP contribution in [-0.4, -0.2) is 63.7 Å².